The second kappa shape index (κ2) is 13.5. The van der Waals surface area contributed by atoms with Gasteiger partial charge in [-0.15, -0.1) is 0 Å². The van der Waals surface area contributed by atoms with Crippen LogP contribution in [0.15, 0.2) is 40.5 Å². The van der Waals surface area contributed by atoms with Crippen LogP contribution in [0.2, 0.25) is 0 Å². The van der Waals surface area contributed by atoms with Crippen molar-refractivity contribution in [2.24, 2.45) is 11.8 Å². The Balaban J connectivity index is 1.85. The third-order valence-electron chi connectivity index (χ3n) is 6.55. The van der Waals surface area contributed by atoms with E-state index in [1.54, 1.807) is 25.2 Å². The van der Waals surface area contributed by atoms with Gasteiger partial charge in [0.1, 0.15) is 18.3 Å². The fourth-order valence-corrected chi connectivity index (χ4v) is 4.64. The van der Waals surface area contributed by atoms with Crippen molar-refractivity contribution in [3.63, 3.8) is 0 Å². The quantitative estimate of drug-likeness (QED) is 0.527. The van der Waals surface area contributed by atoms with Crippen LogP contribution < -0.4 is 5.32 Å². The average Bonchev–Trinajstić information content (AvgIpc) is 3.52. The first kappa shape index (κ1) is 29.2. The van der Waals surface area contributed by atoms with E-state index in [4.69, 9.17) is 9.26 Å². The molecule has 38 heavy (non-hydrogen) atoms. The molecule has 0 saturated carbocycles. The van der Waals surface area contributed by atoms with Crippen LogP contribution in [0.4, 0.5) is 4.39 Å². The molecule has 2 aliphatic heterocycles. The van der Waals surface area contributed by atoms with Crippen molar-refractivity contribution >= 4 is 17.8 Å². The summed E-state index contributed by atoms with van der Waals surface area (Å²) in [6, 6.07) is -0.808. The third-order valence-corrected chi connectivity index (χ3v) is 6.55. The van der Waals surface area contributed by atoms with Crippen molar-refractivity contribution in [3.05, 3.63) is 47.7 Å². The second-order valence-corrected chi connectivity index (χ2v) is 10.2. The lowest BCUT2D eigenvalue weighted by molar-refractivity contribution is -0.158. The molecule has 2 aliphatic rings. The van der Waals surface area contributed by atoms with Gasteiger partial charge >= 0.3 is 5.97 Å². The maximum atomic E-state index is 14.6. The summed E-state index contributed by atoms with van der Waals surface area (Å²) in [7, 11) is 0. The van der Waals surface area contributed by atoms with E-state index < -0.39 is 36.3 Å². The van der Waals surface area contributed by atoms with Gasteiger partial charge < -0.3 is 24.6 Å². The van der Waals surface area contributed by atoms with Gasteiger partial charge in [0.15, 0.2) is 0 Å². The number of cyclic esters (lactones) is 1. The van der Waals surface area contributed by atoms with Crippen LogP contribution in [0.25, 0.3) is 0 Å². The van der Waals surface area contributed by atoms with Crippen molar-refractivity contribution in [2.75, 3.05) is 13.1 Å². The number of hydrogen-bond acceptors (Lipinski definition) is 8. The number of ether oxygens (including phenoxy) is 1. The largest absolute Gasteiger partial charge is 0.460 e. The maximum absolute atomic E-state index is 14.6. The Bertz CT molecular complexity index is 1080. The number of carbonyl (C=O) groups is 3. The number of allylic oxidation sites excluding steroid dienone is 2. The van der Waals surface area contributed by atoms with Gasteiger partial charge in [-0.1, -0.05) is 55.8 Å². The molecule has 2 amide bonds. The number of nitrogens with zero attached hydrogens (tertiary/aromatic N) is 3. The van der Waals surface area contributed by atoms with Gasteiger partial charge in [0.2, 0.25) is 11.8 Å². The van der Waals surface area contributed by atoms with Crippen molar-refractivity contribution in [1.29, 1.82) is 0 Å². The SMILES string of the molecule is CC1=C\C(O)CC(F)Cc2nc(no2)C(=O)N2CCCC2C(=O)OC(C(C)C)C(C)/C=C/C(=O)NC\C=C\1. The Hall–Kier alpha value is -3.34. The number of carbonyl (C=O) groups excluding carboxylic acids is 3. The Morgan fingerprint density at radius 1 is 1.24 bits per heavy atom. The number of aliphatic hydroxyl groups excluding tert-OH is 1. The van der Waals surface area contributed by atoms with Crippen LogP contribution in [0, 0.1) is 11.8 Å². The average molecular weight is 533 g/mol. The zero-order valence-corrected chi connectivity index (χ0v) is 22.3. The molecule has 3 rings (SSSR count). The van der Waals surface area contributed by atoms with Gasteiger partial charge in [-0.05, 0) is 31.8 Å². The van der Waals surface area contributed by atoms with Crippen LogP contribution in [0.5, 0.6) is 0 Å². The minimum absolute atomic E-state index is 0.0387. The van der Waals surface area contributed by atoms with Gasteiger partial charge in [-0.3, -0.25) is 9.59 Å². The Kier molecular flexibility index (Phi) is 10.3. The standard InChI is InChI=1S/C27H37FN4O6/c1-16(2)24-18(4)9-10-22(34)29-11-5-7-17(3)13-20(33)14-19(28)15-23-30-25(31-38-23)26(35)32-12-6-8-21(32)27(36)37-24/h5,7,9-10,13,16,18-21,24,33H,6,8,11-12,14-15H2,1-4H3,(H,29,34)/b7-5+,10-9+,17-13+. The Morgan fingerprint density at radius 3 is 2.74 bits per heavy atom. The molecule has 2 bridgehead atoms. The van der Waals surface area contributed by atoms with Crippen LogP contribution in [0.3, 0.4) is 0 Å². The zero-order valence-electron chi connectivity index (χ0n) is 22.3. The summed E-state index contributed by atoms with van der Waals surface area (Å²) in [6.45, 7) is 8.04. The van der Waals surface area contributed by atoms with Gasteiger partial charge in [0.25, 0.3) is 11.7 Å². The van der Waals surface area contributed by atoms with Crippen LogP contribution >= 0.6 is 0 Å². The number of rotatable bonds is 1. The molecule has 1 aromatic rings. The highest BCUT2D eigenvalue weighted by molar-refractivity contribution is 5.94. The van der Waals surface area contributed by atoms with Crippen molar-refractivity contribution in [2.45, 2.75) is 77.8 Å². The number of halogens is 1. The van der Waals surface area contributed by atoms with Gasteiger partial charge in [-0.2, -0.15) is 4.98 Å². The highest BCUT2D eigenvalue weighted by atomic mass is 19.1. The van der Waals surface area contributed by atoms with E-state index in [2.05, 4.69) is 15.5 Å². The fraction of sp³-hybridized carbons (Fsp3) is 0.593. The highest BCUT2D eigenvalue weighted by Gasteiger charge is 2.39. The normalized spacial score (nSPS) is 31.7. The first-order valence-electron chi connectivity index (χ1n) is 13.0. The molecular formula is C27H37FN4O6. The molecule has 10 nitrogen and oxygen atoms in total. The number of amides is 2. The highest BCUT2D eigenvalue weighted by Crippen LogP contribution is 2.25. The van der Waals surface area contributed by atoms with Crippen molar-refractivity contribution in [3.8, 4) is 0 Å². The van der Waals surface area contributed by atoms with Gasteiger partial charge in [0, 0.05) is 25.4 Å². The lowest BCUT2D eigenvalue weighted by Gasteiger charge is -2.29. The number of aliphatic hydroxyl groups is 1. The molecular weight excluding hydrogens is 495 g/mol. The summed E-state index contributed by atoms with van der Waals surface area (Å²) < 4.78 is 25.5. The molecule has 5 unspecified atom stereocenters. The van der Waals surface area contributed by atoms with Crippen molar-refractivity contribution in [1.82, 2.24) is 20.4 Å². The van der Waals surface area contributed by atoms with E-state index in [9.17, 15) is 23.9 Å². The summed E-state index contributed by atoms with van der Waals surface area (Å²) in [4.78, 5) is 43.9. The zero-order chi connectivity index (χ0) is 27.8. The monoisotopic (exact) mass is 532 g/mol. The first-order valence-corrected chi connectivity index (χ1v) is 13.0. The minimum Gasteiger partial charge on any atom is -0.460 e. The third kappa shape index (κ3) is 8.08. The van der Waals surface area contributed by atoms with E-state index in [0.717, 1.165) is 0 Å². The summed E-state index contributed by atoms with van der Waals surface area (Å²) in [5, 5.41) is 16.7. The first-order chi connectivity index (χ1) is 18.0. The molecule has 11 heteroatoms. The van der Waals surface area contributed by atoms with E-state index in [1.165, 1.54) is 17.1 Å². The minimum atomic E-state index is -1.49. The molecule has 1 saturated heterocycles. The van der Waals surface area contributed by atoms with Crippen molar-refractivity contribution < 1.29 is 33.1 Å². The summed E-state index contributed by atoms with van der Waals surface area (Å²) >= 11 is 0. The van der Waals surface area contributed by atoms with Crippen LogP contribution in [0.1, 0.15) is 63.5 Å². The Morgan fingerprint density at radius 2 is 2.00 bits per heavy atom. The molecule has 1 aromatic heterocycles. The van der Waals surface area contributed by atoms with Gasteiger partial charge in [0.05, 0.1) is 12.5 Å². The van der Waals surface area contributed by atoms with Crippen LogP contribution in [-0.2, 0) is 20.7 Å². The molecule has 0 aromatic carbocycles. The topological polar surface area (TPSA) is 135 Å². The predicted octanol–water partition coefficient (Wildman–Crippen LogP) is 2.70. The smallest absolute Gasteiger partial charge is 0.329 e. The summed E-state index contributed by atoms with van der Waals surface area (Å²) in [6.07, 6.45) is 5.57. The molecule has 0 aliphatic carbocycles. The summed E-state index contributed by atoms with van der Waals surface area (Å²) in [5.74, 6) is -2.05. The number of esters is 1. The van der Waals surface area contributed by atoms with E-state index >= 15 is 0 Å². The van der Waals surface area contributed by atoms with E-state index in [-0.39, 0.29) is 48.8 Å². The predicted molar refractivity (Wildman–Crippen MR) is 137 cm³/mol. The molecule has 3 heterocycles. The number of hydrogen-bond donors (Lipinski definition) is 2. The Labute approximate surface area is 222 Å². The maximum Gasteiger partial charge on any atom is 0.329 e. The molecule has 0 radical (unpaired) electrons. The second-order valence-electron chi connectivity index (χ2n) is 10.2. The molecule has 1 fully saturated rings. The molecule has 5 atom stereocenters. The molecule has 208 valence electrons. The number of nitrogens with one attached hydrogen (secondary N) is 1. The van der Waals surface area contributed by atoms with E-state index in [0.29, 0.717) is 25.0 Å². The lowest BCUT2D eigenvalue weighted by Crippen LogP contribution is -2.44. The van der Waals surface area contributed by atoms with Crippen LogP contribution in [-0.4, -0.2) is 75.4 Å². The molecule has 0 spiro atoms. The number of alkyl halides is 1. The summed E-state index contributed by atoms with van der Waals surface area (Å²) in [5.41, 5.74) is 0.703. The van der Waals surface area contributed by atoms with E-state index in [1.807, 2.05) is 20.8 Å². The molecule has 2 N–H and O–H groups in total. The lowest BCUT2D eigenvalue weighted by atomic mass is 9.94. The fourth-order valence-electron chi connectivity index (χ4n) is 4.64. The number of aromatic nitrogens is 2. The number of fused-ring (bicyclic) bond motifs is 3. The van der Waals surface area contributed by atoms with Gasteiger partial charge in [-0.25, -0.2) is 9.18 Å².